The van der Waals surface area contributed by atoms with E-state index in [-0.39, 0.29) is 11.5 Å². The molecule has 4 rings (SSSR count). The maximum Gasteiger partial charge on any atom is 0.246 e. The number of nitrogens with zero attached hydrogens (tertiary/aromatic N) is 6. The quantitative estimate of drug-likeness (QED) is 0.485. The summed E-state index contributed by atoms with van der Waals surface area (Å²) in [5, 5.41) is 18.0. The van der Waals surface area contributed by atoms with E-state index in [0.717, 1.165) is 37.8 Å². The van der Waals surface area contributed by atoms with Crippen LogP contribution in [0.1, 0.15) is 13.8 Å². The van der Waals surface area contributed by atoms with Crippen LogP contribution in [0.25, 0.3) is 0 Å². The Bertz CT molecular complexity index is 1080. The monoisotopic (exact) mass is 520 g/mol. The molecule has 0 radical (unpaired) electrons. The lowest BCUT2D eigenvalue weighted by Gasteiger charge is -2.36. The second-order valence-electron chi connectivity index (χ2n) is 8.67. The SMILES string of the molecule is CCOc1ccc(S(=O)(=O)N2CCN(c3ccc(N4CCN(CCO)CC4)nn3)CC2)c(OCC)c1. The first-order valence-electron chi connectivity index (χ1n) is 12.5. The van der Waals surface area contributed by atoms with Gasteiger partial charge in [-0.2, -0.15) is 4.31 Å². The molecular formula is C24H36N6O5S. The molecule has 2 aliphatic rings. The lowest BCUT2D eigenvalue weighted by molar-refractivity contribution is 0.188. The number of β-amino-alcohol motifs (C(OH)–C–C–N with tert-alkyl or cyclic N) is 1. The highest BCUT2D eigenvalue weighted by molar-refractivity contribution is 7.89. The molecule has 0 aliphatic carbocycles. The van der Waals surface area contributed by atoms with Gasteiger partial charge in [-0.1, -0.05) is 0 Å². The Morgan fingerprint density at radius 3 is 1.94 bits per heavy atom. The molecule has 198 valence electrons. The molecule has 2 aromatic rings. The highest BCUT2D eigenvalue weighted by Crippen LogP contribution is 2.32. The number of piperazine rings is 2. The number of sulfonamides is 1. The molecule has 12 heteroatoms. The molecule has 0 bridgehead atoms. The number of ether oxygens (including phenoxy) is 2. The van der Waals surface area contributed by atoms with Crippen LogP contribution in [0.2, 0.25) is 0 Å². The maximum atomic E-state index is 13.4. The number of benzene rings is 1. The van der Waals surface area contributed by atoms with E-state index in [1.54, 1.807) is 18.2 Å². The highest BCUT2D eigenvalue weighted by Gasteiger charge is 2.32. The van der Waals surface area contributed by atoms with Gasteiger partial charge in [-0.15, -0.1) is 10.2 Å². The smallest absolute Gasteiger partial charge is 0.246 e. The van der Waals surface area contributed by atoms with Crippen molar-refractivity contribution in [1.82, 2.24) is 19.4 Å². The lowest BCUT2D eigenvalue weighted by atomic mass is 10.3. The zero-order valence-corrected chi connectivity index (χ0v) is 21.9. The fraction of sp³-hybridized carbons (Fsp3) is 0.583. The third-order valence-corrected chi connectivity index (χ3v) is 8.39. The molecule has 2 aliphatic heterocycles. The lowest BCUT2D eigenvalue weighted by Crippen LogP contribution is -2.49. The molecule has 3 heterocycles. The predicted octanol–water partition coefficient (Wildman–Crippen LogP) is 0.899. The van der Waals surface area contributed by atoms with Gasteiger partial charge in [0.25, 0.3) is 0 Å². The summed E-state index contributed by atoms with van der Waals surface area (Å²) in [7, 11) is -3.72. The minimum atomic E-state index is -3.72. The first kappa shape index (κ1) is 26.4. The largest absolute Gasteiger partial charge is 0.494 e. The van der Waals surface area contributed by atoms with Gasteiger partial charge >= 0.3 is 0 Å². The van der Waals surface area contributed by atoms with E-state index in [9.17, 15) is 8.42 Å². The van der Waals surface area contributed by atoms with E-state index in [1.807, 2.05) is 26.0 Å². The normalized spacial score (nSPS) is 17.9. The van der Waals surface area contributed by atoms with Crippen molar-refractivity contribution in [2.24, 2.45) is 0 Å². The number of hydrogen-bond acceptors (Lipinski definition) is 10. The summed E-state index contributed by atoms with van der Waals surface area (Å²) in [6.45, 7) is 10.6. The number of rotatable bonds is 10. The Kier molecular flexibility index (Phi) is 8.83. The van der Waals surface area contributed by atoms with Crippen molar-refractivity contribution in [3.8, 4) is 11.5 Å². The summed E-state index contributed by atoms with van der Waals surface area (Å²) in [4.78, 5) is 6.65. The van der Waals surface area contributed by atoms with Gasteiger partial charge < -0.3 is 24.4 Å². The molecule has 0 amide bonds. The zero-order chi connectivity index (χ0) is 25.5. The van der Waals surface area contributed by atoms with Crippen LogP contribution in [0.5, 0.6) is 11.5 Å². The molecule has 2 saturated heterocycles. The van der Waals surface area contributed by atoms with Crippen molar-refractivity contribution >= 4 is 21.7 Å². The molecule has 1 aromatic heterocycles. The van der Waals surface area contributed by atoms with Crippen molar-refractivity contribution in [3.05, 3.63) is 30.3 Å². The van der Waals surface area contributed by atoms with Crippen LogP contribution < -0.4 is 19.3 Å². The zero-order valence-electron chi connectivity index (χ0n) is 21.0. The fourth-order valence-electron chi connectivity index (χ4n) is 4.52. The number of aliphatic hydroxyl groups is 1. The molecule has 2 fully saturated rings. The number of hydrogen-bond donors (Lipinski definition) is 1. The Morgan fingerprint density at radius 1 is 0.833 bits per heavy atom. The van der Waals surface area contributed by atoms with Gasteiger partial charge in [-0.25, -0.2) is 8.42 Å². The van der Waals surface area contributed by atoms with Crippen LogP contribution in [0, 0.1) is 0 Å². The van der Waals surface area contributed by atoms with Crippen LogP contribution in [0.3, 0.4) is 0 Å². The van der Waals surface area contributed by atoms with Crippen LogP contribution in [0.4, 0.5) is 11.6 Å². The Hall–Kier alpha value is -2.67. The third-order valence-electron chi connectivity index (χ3n) is 6.46. The van der Waals surface area contributed by atoms with Crippen molar-refractivity contribution in [1.29, 1.82) is 0 Å². The highest BCUT2D eigenvalue weighted by atomic mass is 32.2. The molecule has 0 saturated carbocycles. The van der Waals surface area contributed by atoms with E-state index in [2.05, 4.69) is 24.9 Å². The Labute approximate surface area is 213 Å². The Balaban J connectivity index is 1.37. The van der Waals surface area contributed by atoms with Gasteiger partial charge in [0.05, 0.1) is 19.8 Å². The van der Waals surface area contributed by atoms with Gasteiger partial charge in [-0.3, -0.25) is 4.90 Å². The summed E-state index contributed by atoms with van der Waals surface area (Å²) in [6.07, 6.45) is 0. The first-order chi connectivity index (χ1) is 17.5. The molecule has 0 spiro atoms. The van der Waals surface area contributed by atoms with Gasteiger partial charge in [0, 0.05) is 65.0 Å². The topological polar surface area (TPSA) is 112 Å². The summed E-state index contributed by atoms with van der Waals surface area (Å²) in [5.41, 5.74) is 0. The van der Waals surface area contributed by atoms with Crippen molar-refractivity contribution in [2.75, 3.05) is 88.5 Å². The standard InChI is InChI=1S/C24H36N6O5S/c1-3-34-20-5-6-22(21(19-20)35-4-2)36(32,33)30-15-13-29(14-16-30)24-8-7-23(25-26-24)28-11-9-27(10-12-28)17-18-31/h5-8,19,31H,3-4,9-18H2,1-2H3. The second-order valence-corrected chi connectivity index (χ2v) is 10.6. The van der Waals surface area contributed by atoms with E-state index >= 15 is 0 Å². The molecule has 1 N–H and O–H groups in total. The minimum absolute atomic E-state index is 0.157. The number of aliphatic hydroxyl groups excluding tert-OH is 1. The molecule has 11 nitrogen and oxygen atoms in total. The Morgan fingerprint density at radius 2 is 1.42 bits per heavy atom. The van der Waals surface area contributed by atoms with E-state index in [1.165, 1.54) is 4.31 Å². The second kappa shape index (κ2) is 12.0. The van der Waals surface area contributed by atoms with Crippen LogP contribution in [-0.4, -0.2) is 112 Å². The van der Waals surface area contributed by atoms with E-state index in [4.69, 9.17) is 14.6 Å². The maximum absolute atomic E-state index is 13.4. The van der Waals surface area contributed by atoms with Gasteiger partial charge in [-0.05, 0) is 38.1 Å². The fourth-order valence-corrected chi connectivity index (χ4v) is 6.05. The average molecular weight is 521 g/mol. The molecular weight excluding hydrogens is 484 g/mol. The van der Waals surface area contributed by atoms with Crippen LogP contribution in [-0.2, 0) is 10.0 Å². The number of aromatic nitrogens is 2. The summed E-state index contributed by atoms with van der Waals surface area (Å²) >= 11 is 0. The van der Waals surface area contributed by atoms with Gasteiger partial charge in [0.2, 0.25) is 10.0 Å². The van der Waals surface area contributed by atoms with Crippen LogP contribution >= 0.6 is 0 Å². The summed E-state index contributed by atoms with van der Waals surface area (Å²) in [6, 6.07) is 8.79. The van der Waals surface area contributed by atoms with Gasteiger partial charge in [0.1, 0.15) is 16.4 Å². The summed E-state index contributed by atoms with van der Waals surface area (Å²) in [5.74, 6) is 2.47. The van der Waals surface area contributed by atoms with E-state index in [0.29, 0.717) is 57.4 Å². The number of anilines is 2. The van der Waals surface area contributed by atoms with Gasteiger partial charge in [0.15, 0.2) is 11.6 Å². The predicted molar refractivity (Wildman–Crippen MR) is 138 cm³/mol. The average Bonchev–Trinajstić information content (AvgIpc) is 2.90. The first-order valence-corrected chi connectivity index (χ1v) is 14.0. The third kappa shape index (κ3) is 6.00. The summed E-state index contributed by atoms with van der Waals surface area (Å²) < 4.78 is 39.5. The molecule has 36 heavy (non-hydrogen) atoms. The minimum Gasteiger partial charge on any atom is -0.494 e. The van der Waals surface area contributed by atoms with Crippen LogP contribution in [0.15, 0.2) is 35.2 Å². The molecule has 0 unspecified atom stereocenters. The molecule has 0 atom stereocenters. The van der Waals surface area contributed by atoms with Crippen molar-refractivity contribution in [2.45, 2.75) is 18.7 Å². The van der Waals surface area contributed by atoms with Crippen molar-refractivity contribution in [3.63, 3.8) is 0 Å². The van der Waals surface area contributed by atoms with E-state index < -0.39 is 10.0 Å². The molecule has 1 aromatic carbocycles. The van der Waals surface area contributed by atoms with Crippen molar-refractivity contribution < 1.29 is 23.0 Å².